The molecule has 10 aromatic carbocycles. The highest BCUT2D eigenvalue weighted by atomic mass is 32.1. The van der Waals surface area contributed by atoms with Crippen LogP contribution < -0.4 is 0 Å². The molecule has 6 nitrogen and oxygen atoms in total. The Balaban J connectivity index is 0.811. The molecule has 354 valence electrons. The lowest BCUT2D eigenvalue weighted by Gasteiger charge is -2.12. The molecule has 8 heteroatoms. The van der Waals surface area contributed by atoms with E-state index in [1.54, 1.807) is 0 Å². The highest BCUT2D eigenvalue weighted by Gasteiger charge is 2.21. The highest BCUT2D eigenvalue weighted by molar-refractivity contribution is 7.26. The van der Waals surface area contributed by atoms with E-state index in [1.165, 1.54) is 51.1 Å². The maximum absolute atomic E-state index is 5.46. The van der Waals surface area contributed by atoms with Crippen molar-refractivity contribution in [2.75, 3.05) is 0 Å². The van der Waals surface area contributed by atoms with E-state index in [9.17, 15) is 0 Å². The van der Waals surface area contributed by atoms with E-state index in [0.29, 0.717) is 11.9 Å². The number of fused-ring (bicyclic) bond motifs is 12. The Kier molecular flexibility index (Phi) is 9.57. The van der Waals surface area contributed by atoms with Crippen LogP contribution in [0.25, 0.3) is 152 Å². The van der Waals surface area contributed by atoms with Gasteiger partial charge in [-0.05, 0) is 77.9 Å². The molecule has 0 saturated heterocycles. The van der Waals surface area contributed by atoms with Crippen LogP contribution in [0.3, 0.4) is 0 Å². The third-order valence-corrected chi connectivity index (χ3v) is 17.4. The molecule has 16 aromatic rings. The Bertz CT molecular complexity index is 4960. The van der Waals surface area contributed by atoms with Crippen LogP contribution in [-0.4, -0.2) is 29.1 Å². The first-order valence-corrected chi connectivity index (χ1v) is 27.1. The van der Waals surface area contributed by atoms with E-state index in [4.69, 9.17) is 19.9 Å². The van der Waals surface area contributed by atoms with Crippen LogP contribution in [0.5, 0.6) is 0 Å². The summed E-state index contributed by atoms with van der Waals surface area (Å²) in [6.07, 6.45) is 0. The molecule has 0 N–H and O–H groups in total. The van der Waals surface area contributed by atoms with Gasteiger partial charge in [0.05, 0.1) is 44.8 Å². The molecule has 6 heterocycles. The maximum Gasteiger partial charge on any atom is 0.235 e. The number of hydrogen-bond acceptors (Lipinski definition) is 6. The first-order chi connectivity index (χ1) is 37.6. The molecule has 0 aliphatic heterocycles. The van der Waals surface area contributed by atoms with Gasteiger partial charge in [-0.25, -0.2) is 19.9 Å². The molecule has 76 heavy (non-hydrogen) atoms. The first kappa shape index (κ1) is 42.9. The van der Waals surface area contributed by atoms with Crippen molar-refractivity contribution in [1.82, 2.24) is 29.1 Å². The Morgan fingerprint density at radius 2 is 0.711 bits per heavy atom. The van der Waals surface area contributed by atoms with Crippen LogP contribution in [0.4, 0.5) is 0 Å². The van der Waals surface area contributed by atoms with Gasteiger partial charge in [0.1, 0.15) is 0 Å². The summed E-state index contributed by atoms with van der Waals surface area (Å²) in [5.74, 6) is 1.29. The topological polar surface area (TPSA) is 61.4 Å². The van der Waals surface area contributed by atoms with Crippen LogP contribution in [0, 0.1) is 0 Å². The van der Waals surface area contributed by atoms with Gasteiger partial charge in [-0.1, -0.05) is 176 Å². The largest absolute Gasteiger partial charge is 0.278 e. The Morgan fingerprint density at radius 3 is 1.38 bits per heavy atom. The zero-order valence-electron chi connectivity index (χ0n) is 40.6. The quantitative estimate of drug-likeness (QED) is 0.160. The number of hydrogen-bond donors (Lipinski definition) is 0. The van der Waals surface area contributed by atoms with Gasteiger partial charge in [0.25, 0.3) is 0 Å². The molecule has 0 atom stereocenters. The predicted molar refractivity (Wildman–Crippen MR) is 319 cm³/mol. The lowest BCUT2D eigenvalue weighted by molar-refractivity contribution is 0.995. The smallest absolute Gasteiger partial charge is 0.235 e. The van der Waals surface area contributed by atoms with Crippen LogP contribution in [-0.2, 0) is 0 Å². The van der Waals surface area contributed by atoms with Gasteiger partial charge >= 0.3 is 0 Å². The molecule has 0 aliphatic rings. The molecule has 0 aliphatic carbocycles. The SMILES string of the molecule is c1ccc(-c2cc(-c3ccc4sc5cc(-c6ccc7c(c6)c6ccccc6n7-c6nc(-c7ccccc7)cc(-c7cccc8c7sc7ccccc78)n6)ccc5c4c3)nc(-n3c4ccccc4c4ccccc43)n2)cc1. The number of rotatable bonds is 7. The molecule has 0 radical (unpaired) electrons. The van der Waals surface area contributed by atoms with Gasteiger partial charge < -0.3 is 0 Å². The van der Waals surface area contributed by atoms with Crippen molar-refractivity contribution >= 4 is 107 Å². The number of benzene rings is 10. The molecule has 0 bridgehead atoms. The van der Waals surface area contributed by atoms with Crippen LogP contribution in [0.15, 0.2) is 243 Å². The third-order valence-electron chi connectivity index (χ3n) is 15.0. The Labute approximate surface area is 443 Å². The molecular formula is C68H40N6S2. The van der Waals surface area contributed by atoms with Crippen molar-refractivity contribution in [3.63, 3.8) is 0 Å². The highest BCUT2D eigenvalue weighted by Crippen LogP contribution is 2.43. The van der Waals surface area contributed by atoms with E-state index in [2.05, 4.69) is 246 Å². The zero-order chi connectivity index (χ0) is 49.8. The fourth-order valence-corrected chi connectivity index (χ4v) is 13.8. The summed E-state index contributed by atoms with van der Waals surface area (Å²) in [5.41, 5.74) is 14.3. The van der Waals surface area contributed by atoms with Gasteiger partial charge in [-0.3, -0.25) is 9.13 Å². The van der Waals surface area contributed by atoms with Crippen LogP contribution in [0.1, 0.15) is 0 Å². The van der Waals surface area contributed by atoms with Gasteiger partial charge in [0.2, 0.25) is 11.9 Å². The summed E-state index contributed by atoms with van der Waals surface area (Å²) in [6, 6.07) is 86.6. The second-order valence-corrected chi connectivity index (χ2v) is 21.5. The summed E-state index contributed by atoms with van der Waals surface area (Å²) in [7, 11) is 0. The number of thiophene rings is 2. The van der Waals surface area contributed by atoms with E-state index in [0.717, 1.165) is 89.0 Å². The minimum absolute atomic E-state index is 0.640. The summed E-state index contributed by atoms with van der Waals surface area (Å²) < 4.78 is 9.41. The molecular weight excluding hydrogens is 965 g/mol. The van der Waals surface area contributed by atoms with Gasteiger partial charge in [-0.2, -0.15) is 0 Å². The lowest BCUT2D eigenvalue weighted by Crippen LogP contribution is -2.04. The predicted octanol–water partition coefficient (Wildman–Crippen LogP) is 18.5. The number of nitrogens with zero attached hydrogens (tertiary/aromatic N) is 6. The van der Waals surface area contributed by atoms with Crippen molar-refractivity contribution in [1.29, 1.82) is 0 Å². The Morgan fingerprint density at radius 1 is 0.250 bits per heavy atom. The average Bonchev–Trinajstić information content (AvgIpc) is 4.27. The molecule has 16 rings (SSSR count). The average molecular weight is 1010 g/mol. The van der Waals surface area contributed by atoms with E-state index in [1.807, 2.05) is 28.7 Å². The van der Waals surface area contributed by atoms with E-state index >= 15 is 0 Å². The molecule has 0 amide bonds. The first-order valence-electron chi connectivity index (χ1n) is 25.4. The normalized spacial score (nSPS) is 11.9. The lowest BCUT2D eigenvalue weighted by atomic mass is 10.0. The fourth-order valence-electron chi connectivity index (χ4n) is 11.4. The number of para-hydroxylation sites is 3. The van der Waals surface area contributed by atoms with Gasteiger partial charge in [0, 0.05) is 84.1 Å². The van der Waals surface area contributed by atoms with Crippen molar-refractivity contribution in [2.45, 2.75) is 0 Å². The molecule has 0 unspecified atom stereocenters. The minimum Gasteiger partial charge on any atom is -0.278 e. The third kappa shape index (κ3) is 6.78. The summed E-state index contributed by atoms with van der Waals surface area (Å²) in [6.45, 7) is 0. The minimum atomic E-state index is 0.640. The zero-order valence-corrected chi connectivity index (χ0v) is 42.2. The van der Waals surface area contributed by atoms with Crippen molar-refractivity contribution < 1.29 is 0 Å². The molecule has 0 spiro atoms. The van der Waals surface area contributed by atoms with Gasteiger partial charge in [0.15, 0.2) is 0 Å². The fraction of sp³-hybridized carbons (Fsp3) is 0. The van der Waals surface area contributed by atoms with Crippen molar-refractivity contribution in [3.05, 3.63) is 243 Å². The standard InChI is InChI=1S/C68H40N6S2/c1-3-16-41(17-4-1)55-39-57(71-67(69-55)73-59-26-11-7-20-46(59)47-21-8-12-27-60(47)73)45-32-35-64-54(37-45)50-33-30-44(38-65(50)75-64)43-31-34-62-53(36-43)48-22-9-13-28-61(48)74(62)68-70-56(42-18-5-2-6-19-42)40-58(72-68)52-25-15-24-51-49-23-10-14-29-63(49)76-66(51)52/h1-40H. The van der Waals surface area contributed by atoms with Crippen molar-refractivity contribution in [3.8, 4) is 68.1 Å². The van der Waals surface area contributed by atoms with E-state index in [-0.39, 0.29) is 0 Å². The number of aromatic nitrogens is 6. The summed E-state index contributed by atoms with van der Waals surface area (Å²) >= 11 is 3.65. The summed E-state index contributed by atoms with van der Waals surface area (Å²) in [5, 5.41) is 9.60. The molecule has 0 fully saturated rings. The monoisotopic (exact) mass is 1000 g/mol. The van der Waals surface area contributed by atoms with Gasteiger partial charge in [-0.15, -0.1) is 22.7 Å². The molecule has 6 aromatic heterocycles. The second-order valence-electron chi connectivity index (χ2n) is 19.4. The molecule has 0 saturated carbocycles. The summed E-state index contributed by atoms with van der Waals surface area (Å²) in [4.78, 5) is 21.4. The maximum atomic E-state index is 5.46. The van der Waals surface area contributed by atoms with Crippen LogP contribution >= 0.6 is 22.7 Å². The Hall–Kier alpha value is -9.60. The van der Waals surface area contributed by atoms with E-state index < -0.39 is 0 Å². The van der Waals surface area contributed by atoms with Crippen LogP contribution in [0.2, 0.25) is 0 Å². The second kappa shape index (κ2) is 17.0. The van der Waals surface area contributed by atoms with Crippen molar-refractivity contribution in [2.24, 2.45) is 0 Å².